The number of para-hydroxylation sites is 1. The fourth-order valence-corrected chi connectivity index (χ4v) is 2.35. The van der Waals surface area contributed by atoms with Crippen LogP contribution in [0.15, 0.2) is 33.5 Å². The van der Waals surface area contributed by atoms with Crippen molar-refractivity contribution >= 4 is 11.0 Å². The van der Waals surface area contributed by atoms with Crippen molar-refractivity contribution in [2.75, 3.05) is 6.61 Å². The van der Waals surface area contributed by atoms with E-state index in [4.69, 9.17) is 13.9 Å². The quantitative estimate of drug-likeness (QED) is 0.764. The summed E-state index contributed by atoms with van der Waals surface area (Å²) in [6.45, 7) is 4.36. The highest BCUT2D eigenvalue weighted by molar-refractivity contribution is 5.85. The fraction of sp³-hybridized carbons (Fsp3) is 0.357. The van der Waals surface area contributed by atoms with Gasteiger partial charge in [0.2, 0.25) is 6.29 Å². The van der Waals surface area contributed by atoms with Gasteiger partial charge in [0, 0.05) is 6.61 Å². The van der Waals surface area contributed by atoms with Crippen LogP contribution in [0.1, 0.15) is 25.3 Å². The van der Waals surface area contributed by atoms with Gasteiger partial charge in [0.25, 0.3) is 0 Å². The minimum Gasteiger partial charge on any atom is -0.463 e. The molecule has 0 radical (unpaired) electrons. The minimum atomic E-state index is -0.404. The summed E-state index contributed by atoms with van der Waals surface area (Å²) in [5, 5.41) is 0.821. The lowest BCUT2D eigenvalue weighted by atomic mass is 10.0. The molecule has 0 spiro atoms. The third kappa shape index (κ3) is 1.53. The maximum absolute atomic E-state index is 12.0. The number of ether oxygens (including phenoxy) is 2. The number of rotatable bonds is 2. The zero-order chi connectivity index (χ0) is 12.7. The Morgan fingerprint density at radius 2 is 2.11 bits per heavy atom. The summed E-state index contributed by atoms with van der Waals surface area (Å²) in [6.07, 6.45) is -0.404. The van der Waals surface area contributed by atoms with Crippen molar-refractivity contribution in [2.24, 2.45) is 0 Å². The maximum atomic E-state index is 12.0. The fourth-order valence-electron chi connectivity index (χ4n) is 2.35. The molecule has 2 aromatic rings. The molecule has 0 saturated carbocycles. The van der Waals surface area contributed by atoms with Crippen LogP contribution >= 0.6 is 0 Å². The summed E-state index contributed by atoms with van der Waals surface area (Å²) in [4.78, 5) is 12.0. The zero-order valence-corrected chi connectivity index (χ0v) is 10.3. The van der Waals surface area contributed by atoms with Crippen molar-refractivity contribution in [3.8, 4) is 5.75 Å². The van der Waals surface area contributed by atoms with Crippen LogP contribution in [0.5, 0.6) is 5.75 Å². The van der Waals surface area contributed by atoms with Gasteiger partial charge in [-0.3, -0.25) is 0 Å². The molecular formula is C14H14O4. The van der Waals surface area contributed by atoms with Gasteiger partial charge in [-0.25, -0.2) is 4.79 Å². The molecule has 4 nitrogen and oxygen atoms in total. The van der Waals surface area contributed by atoms with Gasteiger partial charge < -0.3 is 13.9 Å². The van der Waals surface area contributed by atoms with E-state index >= 15 is 0 Å². The Balaban J connectivity index is 2.23. The zero-order valence-electron chi connectivity index (χ0n) is 10.3. The molecule has 0 N–H and O–H groups in total. The average Bonchev–Trinajstić information content (AvgIpc) is 2.69. The van der Waals surface area contributed by atoms with Crippen LogP contribution in [0, 0.1) is 0 Å². The van der Waals surface area contributed by atoms with Gasteiger partial charge in [-0.15, -0.1) is 0 Å². The Hall–Kier alpha value is -1.81. The topological polar surface area (TPSA) is 48.7 Å². The molecule has 4 heteroatoms. The molecule has 94 valence electrons. The lowest BCUT2D eigenvalue weighted by molar-refractivity contribution is -0.0728. The first-order valence-corrected chi connectivity index (χ1v) is 6.06. The molecule has 3 rings (SSSR count). The van der Waals surface area contributed by atoms with E-state index < -0.39 is 6.29 Å². The van der Waals surface area contributed by atoms with Crippen molar-refractivity contribution in [3.05, 3.63) is 40.2 Å². The van der Waals surface area contributed by atoms with Crippen LogP contribution in [0.3, 0.4) is 0 Å². The molecule has 2 atom stereocenters. The van der Waals surface area contributed by atoms with Crippen LogP contribution in [0.4, 0.5) is 0 Å². The second kappa shape index (κ2) is 4.14. The molecule has 1 aliphatic rings. The van der Waals surface area contributed by atoms with Crippen molar-refractivity contribution in [2.45, 2.75) is 26.1 Å². The second-order valence-corrected chi connectivity index (χ2v) is 4.36. The van der Waals surface area contributed by atoms with Gasteiger partial charge in [-0.1, -0.05) is 19.1 Å². The monoisotopic (exact) mass is 246 g/mol. The van der Waals surface area contributed by atoms with Crippen molar-refractivity contribution in [1.82, 2.24) is 0 Å². The molecule has 0 saturated heterocycles. The summed E-state index contributed by atoms with van der Waals surface area (Å²) in [7, 11) is 0. The predicted octanol–water partition coefficient (Wildman–Crippen LogP) is 2.65. The van der Waals surface area contributed by atoms with E-state index in [1.807, 2.05) is 32.0 Å². The van der Waals surface area contributed by atoms with Gasteiger partial charge in [0.05, 0.1) is 16.9 Å². The molecule has 0 aliphatic carbocycles. The first kappa shape index (κ1) is 11.3. The van der Waals surface area contributed by atoms with Crippen LogP contribution < -0.4 is 10.4 Å². The number of hydrogen-bond acceptors (Lipinski definition) is 4. The van der Waals surface area contributed by atoms with Gasteiger partial charge in [-0.2, -0.15) is 0 Å². The largest absolute Gasteiger partial charge is 0.463 e. The maximum Gasteiger partial charge on any atom is 0.343 e. The third-order valence-electron chi connectivity index (χ3n) is 3.23. The SMILES string of the molecule is CCO[C@@H]1Oc2c(c(=O)oc3ccccc23)[C@H]1C. The van der Waals surface area contributed by atoms with E-state index in [0.717, 1.165) is 5.39 Å². The van der Waals surface area contributed by atoms with Gasteiger partial charge >= 0.3 is 5.63 Å². The molecule has 0 fully saturated rings. The standard InChI is InChI=1S/C14H14O4/c1-3-16-14-8(2)11-12(18-14)9-6-4-5-7-10(9)17-13(11)15/h4-8,14H,3H2,1-2H3/t8-,14-/m1/s1. The third-order valence-corrected chi connectivity index (χ3v) is 3.23. The first-order valence-electron chi connectivity index (χ1n) is 6.06. The lowest BCUT2D eigenvalue weighted by Crippen LogP contribution is -2.22. The van der Waals surface area contributed by atoms with E-state index in [9.17, 15) is 4.79 Å². The van der Waals surface area contributed by atoms with E-state index in [0.29, 0.717) is 23.5 Å². The Morgan fingerprint density at radius 3 is 2.89 bits per heavy atom. The summed E-state index contributed by atoms with van der Waals surface area (Å²) in [5.74, 6) is 0.494. The van der Waals surface area contributed by atoms with E-state index in [2.05, 4.69) is 0 Å². The van der Waals surface area contributed by atoms with E-state index in [-0.39, 0.29) is 11.5 Å². The summed E-state index contributed by atoms with van der Waals surface area (Å²) in [5.41, 5.74) is 0.788. The summed E-state index contributed by atoms with van der Waals surface area (Å²) < 4.78 is 16.6. The number of benzene rings is 1. The van der Waals surface area contributed by atoms with Crippen molar-refractivity contribution < 1.29 is 13.9 Å². The van der Waals surface area contributed by atoms with E-state index in [1.165, 1.54) is 0 Å². The van der Waals surface area contributed by atoms with Gasteiger partial charge in [0.15, 0.2) is 0 Å². The lowest BCUT2D eigenvalue weighted by Gasteiger charge is -2.14. The highest BCUT2D eigenvalue weighted by Gasteiger charge is 2.36. The second-order valence-electron chi connectivity index (χ2n) is 4.36. The molecule has 1 aromatic carbocycles. The smallest absolute Gasteiger partial charge is 0.343 e. The minimum absolute atomic E-state index is 0.110. The van der Waals surface area contributed by atoms with Crippen LogP contribution in [0.2, 0.25) is 0 Å². The Kier molecular flexibility index (Phi) is 2.59. The Bertz CT molecular complexity index is 644. The molecule has 0 bridgehead atoms. The number of fused-ring (bicyclic) bond motifs is 3. The van der Waals surface area contributed by atoms with Gasteiger partial charge in [-0.05, 0) is 19.1 Å². The predicted molar refractivity (Wildman–Crippen MR) is 66.9 cm³/mol. The molecule has 18 heavy (non-hydrogen) atoms. The van der Waals surface area contributed by atoms with E-state index in [1.54, 1.807) is 6.07 Å². The molecule has 2 heterocycles. The summed E-state index contributed by atoms with van der Waals surface area (Å²) >= 11 is 0. The normalized spacial score (nSPS) is 21.9. The Morgan fingerprint density at radius 1 is 1.33 bits per heavy atom. The van der Waals surface area contributed by atoms with Crippen molar-refractivity contribution in [1.29, 1.82) is 0 Å². The average molecular weight is 246 g/mol. The van der Waals surface area contributed by atoms with Crippen LogP contribution in [-0.2, 0) is 4.74 Å². The summed E-state index contributed by atoms with van der Waals surface area (Å²) in [6, 6.07) is 7.37. The van der Waals surface area contributed by atoms with Crippen LogP contribution in [-0.4, -0.2) is 12.9 Å². The molecule has 1 aliphatic heterocycles. The van der Waals surface area contributed by atoms with Crippen LogP contribution in [0.25, 0.3) is 11.0 Å². The molecule has 0 amide bonds. The Labute approximate surface area is 104 Å². The molecule has 1 aromatic heterocycles. The number of hydrogen-bond donors (Lipinski definition) is 0. The first-order chi connectivity index (χ1) is 8.72. The highest BCUT2D eigenvalue weighted by Crippen LogP contribution is 2.40. The van der Waals surface area contributed by atoms with Gasteiger partial charge in [0.1, 0.15) is 11.3 Å². The molecule has 0 unspecified atom stereocenters. The van der Waals surface area contributed by atoms with Crippen molar-refractivity contribution in [3.63, 3.8) is 0 Å². The molecular weight excluding hydrogens is 232 g/mol. The highest BCUT2D eigenvalue weighted by atomic mass is 16.7.